The summed E-state index contributed by atoms with van der Waals surface area (Å²) >= 11 is 2.22. The lowest BCUT2D eigenvalue weighted by Crippen LogP contribution is -2.36. The highest BCUT2D eigenvalue weighted by Crippen LogP contribution is 2.10. The van der Waals surface area contributed by atoms with E-state index in [4.69, 9.17) is 0 Å². The predicted octanol–water partition coefficient (Wildman–Crippen LogP) is 4.04. The van der Waals surface area contributed by atoms with Crippen molar-refractivity contribution >= 4 is 28.5 Å². The molecule has 0 unspecified atom stereocenters. The molecular formula is C17H18INO. The van der Waals surface area contributed by atoms with Gasteiger partial charge in [-0.05, 0) is 59.2 Å². The van der Waals surface area contributed by atoms with Crippen LogP contribution in [0.5, 0.6) is 0 Å². The van der Waals surface area contributed by atoms with Gasteiger partial charge in [0.25, 0.3) is 5.91 Å². The number of nitrogens with one attached hydrogen (secondary N) is 1. The molecule has 0 fully saturated rings. The zero-order chi connectivity index (χ0) is 14.4. The molecule has 2 aromatic carbocycles. The number of carbonyl (C=O) groups is 1. The van der Waals surface area contributed by atoms with Gasteiger partial charge in [-0.1, -0.05) is 43.3 Å². The maximum absolute atomic E-state index is 12.2. The Labute approximate surface area is 133 Å². The van der Waals surface area contributed by atoms with Crippen LogP contribution in [0.25, 0.3) is 0 Å². The van der Waals surface area contributed by atoms with Gasteiger partial charge in [-0.3, -0.25) is 4.79 Å². The summed E-state index contributed by atoms with van der Waals surface area (Å²) in [5.41, 5.74) is 1.98. The Bertz CT molecular complexity index is 568. The largest absolute Gasteiger partial charge is 0.349 e. The van der Waals surface area contributed by atoms with Crippen molar-refractivity contribution in [2.75, 3.05) is 0 Å². The summed E-state index contributed by atoms with van der Waals surface area (Å²) in [4.78, 5) is 12.2. The molecule has 1 atom stereocenters. The Balaban J connectivity index is 2.01. The maximum Gasteiger partial charge on any atom is 0.251 e. The normalized spacial score (nSPS) is 11.9. The van der Waals surface area contributed by atoms with Crippen LogP contribution in [0.2, 0.25) is 0 Å². The first-order chi connectivity index (χ1) is 9.69. The second-order valence-corrected chi connectivity index (χ2v) is 6.02. The third kappa shape index (κ3) is 4.34. The van der Waals surface area contributed by atoms with Crippen LogP contribution >= 0.6 is 22.6 Å². The van der Waals surface area contributed by atoms with Crippen molar-refractivity contribution in [1.82, 2.24) is 5.32 Å². The SMILES string of the molecule is CC[C@H](Cc1ccccc1)NC(=O)c1cccc(I)c1. The monoisotopic (exact) mass is 379 g/mol. The number of halogens is 1. The average molecular weight is 379 g/mol. The van der Waals surface area contributed by atoms with Crippen molar-refractivity contribution in [3.8, 4) is 0 Å². The lowest BCUT2D eigenvalue weighted by atomic mass is 10.0. The van der Waals surface area contributed by atoms with Gasteiger partial charge in [0.05, 0.1) is 0 Å². The minimum atomic E-state index is 0.00583. The average Bonchev–Trinajstić information content (AvgIpc) is 2.47. The van der Waals surface area contributed by atoms with Crippen LogP contribution < -0.4 is 5.32 Å². The molecule has 0 aromatic heterocycles. The van der Waals surface area contributed by atoms with Gasteiger partial charge in [-0.15, -0.1) is 0 Å². The van der Waals surface area contributed by atoms with E-state index in [2.05, 4.69) is 47.0 Å². The molecule has 0 bridgehead atoms. The van der Waals surface area contributed by atoms with E-state index in [1.807, 2.05) is 42.5 Å². The maximum atomic E-state index is 12.2. The van der Waals surface area contributed by atoms with Gasteiger partial charge in [0.1, 0.15) is 0 Å². The van der Waals surface area contributed by atoms with Crippen molar-refractivity contribution in [3.05, 3.63) is 69.3 Å². The number of benzene rings is 2. The summed E-state index contributed by atoms with van der Waals surface area (Å²) < 4.78 is 1.08. The molecule has 0 aliphatic heterocycles. The summed E-state index contributed by atoms with van der Waals surface area (Å²) in [6, 6.07) is 18.1. The molecule has 2 aromatic rings. The number of hydrogen-bond acceptors (Lipinski definition) is 1. The number of amides is 1. The summed E-state index contributed by atoms with van der Waals surface area (Å²) in [6.07, 6.45) is 1.79. The molecule has 3 heteroatoms. The van der Waals surface area contributed by atoms with Crippen molar-refractivity contribution in [1.29, 1.82) is 0 Å². The smallest absolute Gasteiger partial charge is 0.251 e. The topological polar surface area (TPSA) is 29.1 Å². The standard InChI is InChI=1S/C17H18INO/c1-2-16(11-13-7-4-3-5-8-13)19-17(20)14-9-6-10-15(18)12-14/h3-10,12,16H,2,11H2,1H3,(H,19,20)/t16-/m1/s1. The fourth-order valence-corrected chi connectivity index (χ4v) is 2.64. The van der Waals surface area contributed by atoms with Crippen LogP contribution in [-0.2, 0) is 6.42 Å². The highest BCUT2D eigenvalue weighted by Gasteiger charge is 2.12. The van der Waals surface area contributed by atoms with Crippen LogP contribution in [0.15, 0.2) is 54.6 Å². The molecule has 0 aliphatic rings. The molecule has 0 heterocycles. The molecule has 2 rings (SSSR count). The van der Waals surface area contributed by atoms with Crippen LogP contribution in [0.4, 0.5) is 0 Å². The van der Waals surface area contributed by atoms with Gasteiger partial charge in [0.2, 0.25) is 0 Å². The molecular weight excluding hydrogens is 361 g/mol. The van der Waals surface area contributed by atoms with Crippen molar-refractivity contribution in [2.24, 2.45) is 0 Å². The zero-order valence-corrected chi connectivity index (χ0v) is 13.6. The number of hydrogen-bond donors (Lipinski definition) is 1. The quantitative estimate of drug-likeness (QED) is 0.781. The van der Waals surface area contributed by atoms with Crippen LogP contribution in [0, 0.1) is 3.57 Å². The van der Waals surface area contributed by atoms with Crippen molar-refractivity contribution in [3.63, 3.8) is 0 Å². The number of rotatable bonds is 5. The molecule has 0 saturated heterocycles. The summed E-state index contributed by atoms with van der Waals surface area (Å²) in [5.74, 6) is 0.00583. The number of carbonyl (C=O) groups excluding carboxylic acids is 1. The minimum absolute atomic E-state index is 0.00583. The third-order valence-electron chi connectivity index (χ3n) is 3.24. The van der Waals surface area contributed by atoms with Gasteiger partial charge in [0.15, 0.2) is 0 Å². The van der Waals surface area contributed by atoms with E-state index in [0.29, 0.717) is 0 Å². The van der Waals surface area contributed by atoms with E-state index in [1.165, 1.54) is 5.56 Å². The van der Waals surface area contributed by atoms with E-state index in [1.54, 1.807) is 0 Å². The minimum Gasteiger partial charge on any atom is -0.349 e. The predicted molar refractivity (Wildman–Crippen MR) is 90.9 cm³/mol. The van der Waals surface area contributed by atoms with Gasteiger partial charge in [-0.25, -0.2) is 0 Å². The second kappa shape index (κ2) is 7.43. The first-order valence-electron chi connectivity index (χ1n) is 6.79. The van der Waals surface area contributed by atoms with Crippen molar-refractivity contribution in [2.45, 2.75) is 25.8 Å². The molecule has 0 spiro atoms. The molecule has 104 valence electrons. The lowest BCUT2D eigenvalue weighted by molar-refractivity contribution is 0.0935. The summed E-state index contributed by atoms with van der Waals surface area (Å²) in [5, 5.41) is 3.12. The van der Waals surface area contributed by atoms with E-state index in [-0.39, 0.29) is 11.9 Å². The zero-order valence-electron chi connectivity index (χ0n) is 11.5. The second-order valence-electron chi connectivity index (χ2n) is 4.78. The highest BCUT2D eigenvalue weighted by atomic mass is 127. The summed E-state index contributed by atoms with van der Waals surface area (Å²) in [6.45, 7) is 2.10. The first kappa shape index (κ1) is 15.0. The first-order valence-corrected chi connectivity index (χ1v) is 7.87. The van der Waals surface area contributed by atoms with Gasteiger partial charge >= 0.3 is 0 Å². The Kier molecular flexibility index (Phi) is 5.59. The summed E-state index contributed by atoms with van der Waals surface area (Å²) in [7, 11) is 0. The van der Waals surface area contributed by atoms with Gasteiger partial charge < -0.3 is 5.32 Å². The lowest BCUT2D eigenvalue weighted by Gasteiger charge is -2.17. The molecule has 0 aliphatic carbocycles. The van der Waals surface area contributed by atoms with Crippen molar-refractivity contribution < 1.29 is 4.79 Å². The fraction of sp³-hybridized carbons (Fsp3) is 0.235. The Morgan fingerprint density at radius 2 is 1.90 bits per heavy atom. The molecule has 0 radical (unpaired) electrons. The van der Waals surface area contributed by atoms with Crippen LogP contribution in [0.3, 0.4) is 0 Å². The van der Waals surface area contributed by atoms with E-state index in [0.717, 1.165) is 22.0 Å². The van der Waals surface area contributed by atoms with E-state index >= 15 is 0 Å². The molecule has 20 heavy (non-hydrogen) atoms. The molecule has 2 nitrogen and oxygen atoms in total. The van der Waals surface area contributed by atoms with E-state index < -0.39 is 0 Å². The van der Waals surface area contributed by atoms with Gasteiger partial charge in [0, 0.05) is 15.2 Å². The fourth-order valence-electron chi connectivity index (χ4n) is 2.09. The van der Waals surface area contributed by atoms with Crippen LogP contribution in [0.1, 0.15) is 29.3 Å². The van der Waals surface area contributed by atoms with Crippen LogP contribution in [-0.4, -0.2) is 11.9 Å². The van der Waals surface area contributed by atoms with Gasteiger partial charge in [-0.2, -0.15) is 0 Å². The van der Waals surface area contributed by atoms with E-state index in [9.17, 15) is 4.79 Å². The molecule has 1 amide bonds. The Morgan fingerprint density at radius 1 is 1.15 bits per heavy atom. The molecule has 0 saturated carbocycles. The third-order valence-corrected chi connectivity index (χ3v) is 3.91. The Morgan fingerprint density at radius 3 is 2.55 bits per heavy atom. The Hall–Kier alpha value is -1.36. The molecule has 1 N–H and O–H groups in total. The highest BCUT2D eigenvalue weighted by molar-refractivity contribution is 14.1.